The van der Waals surface area contributed by atoms with E-state index >= 15 is 0 Å². The van der Waals surface area contributed by atoms with Gasteiger partial charge in [0.2, 0.25) is 0 Å². The largest absolute Gasteiger partial charge is 0.0874 e. The Labute approximate surface area is 94.8 Å². The Morgan fingerprint density at radius 1 is 1.20 bits per heavy atom. The van der Waals surface area contributed by atoms with Crippen LogP contribution in [0.1, 0.15) is 59.3 Å². The number of allylic oxidation sites excluding steroid dienone is 6. The lowest BCUT2D eigenvalue weighted by atomic mass is 9.86. The lowest BCUT2D eigenvalue weighted by Gasteiger charge is -2.20. The van der Waals surface area contributed by atoms with Crippen molar-refractivity contribution in [3.05, 3.63) is 34.9 Å². The zero-order chi connectivity index (χ0) is 11.1. The third kappa shape index (κ3) is 3.37. The van der Waals surface area contributed by atoms with Crippen LogP contribution in [-0.4, -0.2) is 0 Å². The van der Waals surface area contributed by atoms with E-state index in [0.717, 1.165) is 0 Å². The molecule has 0 N–H and O–H groups in total. The number of rotatable bonds is 5. The van der Waals surface area contributed by atoms with Gasteiger partial charge in [0.15, 0.2) is 0 Å². The standard InChI is InChI=1S/C15H24/c1-4-8-13-11-7-12-14(9-5-2)15(13)10-6-3/h4,8,12H,5-7,9-11H2,1-3H3/b8-4-. The van der Waals surface area contributed by atoms with Gasteiger partial charge in [-0.2, -0.15) is 0 Å². The molecule has 1 aliphatic rings. The van der Waals surface area contributed by atoms with E-state index in [9.17, 15) is 0 Å². The van der Waals surface area contributed by atoms with Gasteiger partial charge < -0.3 is 0 Å². The Morgan fingerprint density at radius 2 is 1.93 bits per heavy atom. The van der Waals surface area contributed by atoms with Crippen LogP contribution in [0.2, 0.25) is 0 Å². The van der Waals surface area contributed by atoms with Crippen LogP contribution in [0.5, 0.6) is 0 Å². The van der Waals surface area contributed by atoms with Crippen molar-refractivity contribution in [3.63, 3.8) is 0 Å². The van der Waals surface area contributed by atoms with Crippen LogP contribution in [-0.2, 0) is 0 Å². The molecule has 0 heteroatoms. The van der Waals surface area contributed by atoms with Crippen LogP contribution in [0.4, 0.5) is 0 Å². The molecule has 0 atom stereocenters. The Bertz CT molecular complexity index is 276. The minimum Gasteiger partial charge on any atom is -0.0874 e. The highest BCUT2D eigenvalue weighted by Gasteiger charge is 2.12. The first-order chi connectivity index (χ1) is 7.33. The average Bonchev–Trinajstić information content (AvgIpc) is 2.23. The first kappa shape index (κ1) is 12.3. The van der Waals surface area contributed by atoms with E-state index in [2.05, 4.69) is 39.0 Å². The summed E-state index contributed by atoms with van der Waals surface area (Å²) in [6, 6.07) is 0. The maximum absolute atomic E-state index is 2.46. The second-order valence-electron chi connectivity index (χ2n) is 4.27. The molecule has 84 valence electrons. The van der Waals surface area contributed by atoms with Crippen molar-refractivity contribution in [2.24, 2.45) is 0 Å². The summed E-state index contributed by atoms with van der Waals surface area (Å²) in [4.78, 5) is 0. The quantitative estimate of drug-likeness (QED) is 0.579. The summed E-state index contributed by atoms with van der Waals surface area (Å²) in [5, 5.41) is 0. The van der Waals surface area contributed by atoms with E-state index in [0.29, 0.717) is 0 Å². The Morgan fingerprint density at radius 3 is 2.53 bits per heavy atom. The molecule has 0 saturated carbocycles. The predicted octanol–water partition coefficient (Wildman–Crippen LogP) is 5.18. The Balaban J connectivity index is 2.91. The normalized spacial score (nSPS) is 17.4. The van der Waals surface area contributed by atoms with E-state index < -0.39 is 0 Å². The van der Waals surface area contributed by atoms with Crippen LogP contribution in [0, 0.1) is 0 Å². The number of hydrogen-bond donors (Lipinski definition) is 0. The lowest BCUT2D eigenvalue weighted by molar-refractivity contribution is 0.802. The molecular weight excluding hydrogens is 180 g/mol. The second-order valence-corrected chi connectivity index (χ2v) is 4.27. The van der Waals surface area contributed by atoms with Gasteiger partial charge in [-0.05, 0) is 49.3 Å². The third-order valence-electron chi connectivity index (χ3n) is 2.97. The van der Waals surface area contributed by atoms with E-state index in [1.165, 1.54) is 38.5 Å². The van der Waals surface area contributed by atoms with Gasteiger partial charge in [-0.3, -0.25) is 0 Å². The van der Waals surface area contributed by atoms with E-state index in [1.54, 1.807) is 16.7 Å². The van der Waals surface area contributed by atoms with Crippen molar-refractivity contribution < 1.29 is 0 Å². The van der Waals surface area contributed by atoms with Crippen LogP contribution in [0.15, 0.2) is 34.9 Å². The van der Waals surface area contributed by atoms with Gasteiger partial charge in [0, 0.05) is 0 Å². The monoisotopic (exact) mass is 204 g/mol. The highest BCUT2D eigenvalue weighted by atomic mass is 14.2. The smallest absolute Gasteiger partial charge is 0.0241 e. The molecule has 0 aromatic rings. The van der Waals surface area contributed by atoms with Gasteiger partial charge in [-0.15, -0.1) is 0 Å². The summed E-state index contributed by atoms with van der Waals surface area (Å²) in [7, 11) is 0. The molecule has 0 spiro atoms. The Hall–Kier alpha value is -0.780. The fourth-order valence-corrected chi connectivity index (χ4v) is 2.36. The maximum atomic E-state index is 2.46. The van der Waals surface area contributed by atoms with Crippen molar-refractivity contribution in [3.8, 4) is 0 Å². The summed E-state index contributed by atoms with van der Waals surface area (Å²) in [5.41, 5.74) is 4.85. The van der Waals surface area contributed by atoms with Crippen molar-refractivity contribution in [1.82, 2.24) is 0 Å². The highest BCUT2D eigenvalue weighted by molar-refractivity contribution is 5.42. The summed E-state index contributed by atoms with van der Waals surface area (Å²) in [6.07, 6.45) is 14.5. The summed E-state index contributed by atoms with van der Waals surface area (Å²) < 4.78 is 0. The predicted molar refractivity (Wildman–Crippen MR) is 69.0 cm³/mol. The molecule has 0 unspecified atom stereocenters. The first-order valence-electron chi connectivity index (χ1n) is 6.37. The SMILES string of the molecule is C/C=C\C1=C(CCC)C(CCC)=CCC1. The molecule has 0 aromatic heterocycles. The zero-order valence-electron chi connectivity index (χ0n) is 10.5. The molecule has 0 bridgehead atoms. The summed E-state index contributed by atoms with van der Waals surface area (Å²) in [5.74, 6) is 0. The zero-order valence-corrected chi connectivity index (χ0v) is 10.5. The van der Waals surface area contributed by atoms with Crippen LogP contribution in [0.25, 0.3) is 0 Å². The second kappa shape index (κ2) is 6.66. The van der Waals surface area contributed by atoms with Gasteiger partial charge in [0.25, 0.3) is 0 Å². The van der Waals surface area contributed by atoms with E-state index in [4.69, 9.17) is 0 Å². The molecule has 0 amide bonds. The van der Waals surface area contributed by atoms with Crippen molar-refractivity contribution in [2.75, 3.05) is 0 Å². The molecule has 1 aliphatic carbocycles. The van der Waals surface area contributed by atoms with Gasteiger partial charge in [-0.1, -0.05) is 44.9 Å². The van der Waals surface area contributed by atoms with E-state index in [1.807, 2.05) is 0 Å². The molecule has 0 aromatic carbocycles. The molecule has 0 nitrogen and oxygen atoms in total. The number of hydrogen-bond acceptors (Lipinski definition) is 0. The molecule has 15 heavy (non-hydrogen) atoms. The van der Waals surface area contributed by atoms with Crippen molar-refractivity contribution in [2.45, 2.75) is 59.3 Å². The van der Waals surface area contributed by atoms with Crippen molar-refractivity contribution in [1.29, 1.82) is 0 Å². The molecule has 0 fully saturated rings. The summed E-state index contributed by atoms with van der Waals surface area (Å²) in [6.45, 7) is 6.67. The topological polar surface area (TPSA) is 0 Å². The van der Waals surface area contributed by atoms with E-state index in [-0.39, 0.29) is 0 Å². The molecule has 0 aliphatic heterocycles. The Kier molecular flexibility index (Phi) is 5.45. The van der Waals surface area contributed by atoms with Gasteiger partial charge >= 0.3 is 0 Å². The molecule has 0 radical (unpaired) electrons. The fraction of sp³-hybridized carbons (Fsp3) is 0.600. The molecule has 0 heterocycles. The minimum absolute atomic E-state index is 1.24. The third-order valence-corrected chi connectivity index (χ3v) is 2.97. The van der Waals surface area contributed by atoms with Crippen molar-refractivity contribution >= 4 is 0 Å². The van der Waals surface area contributed by atoms with Gasteiger partial charge in [0.05, 0.1) is 0 Å². The molecule has 0 saturated heterocycles. The maximum Gasteiger partial charge on any atom is -0.0241 e. The van der Waals surface area contributed by atoms with Crippen LogP contribution >= 0.6 is 0 Å². The fourth-order valence-electron chi connectivity index (χ4n) is 2.36. The summed E-state index contributed by atoms with van der Waals surface area (Å²) >= 11 is 0. The lowest BCUT2D eigenvalue weighted by Crippen LogP contribution is -2.00. The van der Waals surface area contributed by atoms with Crippen LogP contribution < -0.4 is 0 Å². The average molecular weight is 204 g/mol. The highest BCUT2D eigenvalue weighted by Crippen LogP contribution is 2.31. The molecule has 1 rings (SSSR count). The van der Waals surface area contributed by atoms with Gasteiger partial charge in [-0.25, -0.2) is 0 Å². The van der Waals surface area contributed by atoms with Crippen LogP contribution in [0.3, 0.4) is 0 Å². The minimum atomic E-state index is 1.24. The molecular formula is C15H24. The van der Waals surface area contributed by atoms with Gasteiger partial charge in [0.1, 0.15) is 0 Å². The first-order valence-corrected chi connectivity index (χ1v) is 6.37.